The van der Waals surface area contributed by atoms with Gasteiger partial charge in [-0.25, -0.2) is 4.79 Å². The summed E-state index contributed by atoms with van der Waals surface area (Å²) in [6.07, 6.45) is 5.26. The Morgan fingerprint density at radius 3 is 2.11 bits per heavy atom. The number of hydrogen-bond acceptors (Lipinski definition) is 4. The molecule has 7 nitrogen and oxygen atoms in total. The molecule has 0 saturated heterocycles. The van der Waals surface area contributed by atoms with Gasteiger partial charge in [0.2, 0.25) is 11.8 Å². The highest BCUT2D eigenvalue weighted by Crippen LogP contribution is 2.33. The molecule has 0 bridgehead atoms. The Labute approximate surface area is 211 Å². The van der Waals surface area contributed by atoms with E-state index in [1.54, 1.807) is 32.6 Å². The second-order valence-electron chi connectivity index (χ2n) is 11.4. The van der Waals surface area contributed by atoms with E-state index in [9.17, 15) is 14.4 Å². The number of amides is 3. The Morgan fingerprint density at radius 1 is 1.03 bits per heavy atom. The minimum absolute atomic E-state index is 0.114. The van der Waals surface area contributed by atoms with Crippen LogP contribution < -0.4 is 10.6 Å². The van der Waals surface area contributed by atoms with E-state index in [4.69, 9.17) is 4.74 Å². The molecule has 196 valence electrons. The predicted molar refractivity (Wildman–Crippen MR) is 139 cm³/mol. The second-order valence-corrected chi connectivity index (χ2v) is 11.4. The average Bonchev–Trinajstić information content (AvgIpc) is 2.76. The van der Waals surface area contributed by atoms with Crippen molar-refractivity contribution in [3.63, 3.8) is 0 Å². The molecule has 2 rings (SSSR count). The van der Waals surface area contributed by atoms with E-state index in [2.05, 4.69) is 10.6 Å². The van der Waals surface area contributed by atoms with Crippen LogP contribution in [0.3, 0.4) is 0 Å². The molecule has 7 heteroatoms. The molecule has 2 N–H and O–H groups in total. The zero-order valence-corrected chi connectivity index (χ0v) is 22.9. The van der Waals surface area contributed by atoms with E-state index < -0.39 is 29.3 Å². The summed E-state index contributed by atoms with van der Waals surface area (Å²) in [7, 11) is 0. The first-order valence-corrected chi connectivity index (χ1v) is 12.9. The lowest BCUT2D eigenvalue weighted by molar-refractivity contribution is -0.149. The maximum absolute atomic E-state index is 13.9. The van der Waals surface area contributed by atoms with Crippen molar-refractivity contribution in [2.75, 3.05) is 0 Å². The van der Waals surface area contributed by atoms with Crippen LogP contribution in [-0.4, -0.2) is 46.0 Å². The van der Waals surface area contributed by atoms with E-state index in [1.165, 1.54) is 6.42 Å². The summed E-state index contributed by atoms with van der Waals surface area (Å²) in [6.45, 7) is 14.9. The number of carbonyl (C=O) groups excluding carboxylic acids is 3. The molecule has 1 aliphatic carbocycles. The third kappa shape index (κ3) is 8.25. The van der Waals surface area contributed by atoms with Gasteiger partial charge in [0.05, 0.1) is 0 Å². The monoisotopic (exact) mass is 487 g/mol. The first-order valence-electron chi connectivity index (χ1n) is 12.9. The van der Waals surface area contributed by atoms with Gasteiger partial charge in [-0.15, -0.1) is 0 Å². The number of alkyl carbamates (subject to hydrolysis) is 1. The van der Waals surface area contributed by atoms with Crippen molar-refractivity contribution in [1.82, 2.24) is 15.5 Å². The molecular formula is C28H45N3O4. The van der Waals surface area contributed by atoms with E-state index in [0.717, 1.165) is 36.8 Å². The van der Waals surface area contributed by atoms with Crippen molar-refractivity contribution in [3.05, 3.63) is 35.4 Å². The van der Waals surface area contributed by atoms with Gasteiger partial charge in [0.15, 0.2) is 0 Å². The van der Waals surface area contributed by atoms with Gasteiger partial charge in [-0.3, -0.25) is 9.59 Å². The number of nitrogens with one attached hydrogen (secondary N) is 2. The molecule has 0 radical (unpaired) electrons. The van der Waals surface area contributed by atoms with Crippen molar-refractivity contribution >= 4 is 17.9 Å². The fourth-order valence-corrected chi connectivity index (χ4v) is 4.39. The van der Waals surface area contributed by atoms with Crippen LogP contribution in [0, 0.1) is 6.92 Å². The number of rotatable bonds is 8. The molecule has 35 heavy (non-hydrogen) atoms. The van der Waals surface area contributed by atoms with E-state index in [-0.39, 0.29) is 17.9 Å². The molecule has 0 aliphatic heterocycles. The van der Waals surface area contributed by atoms with Crippen LogP contribution in [0.5, 0.6) is 0 Å². The topological polar surface area (TPSA) is 87.7 Å². The van der Waals surface area contributed by atoms with E-state index in [1.807, 2.05) is 52.0 Å². The van der Waals surface area contributed by atoms with Gasteiger partial charge in [-0.2, -0.15) is 0 Å². The number of nitrogens with zero attached hydrogens (tertiary/aromatic N) is 1. The lowest BCUT2D eigenvalue weighted by Crippen LogP contribution is -2.59. The molecule has 0 heterocycles. The molecule has 1 aromatic rings. The van der Waals surface area contributed by atoms with E-state index >= 15 is 0 Å². The van der Waals surface area contributed by atoms with Crippen LogP contribution in [0.1, 0.15) is 104 Å². The summed E-state index contributed by atoms with van der Waals surface area (Å²) in [5, 5.41) is 5.89. The van der Waals surface area contributed by atoms with Crippen molar-refractivity contribution in [3.8, 4) is 0 Å². The number of hydrogen-bond donors (Lipinski definition) is 2. The zero-order chi connectivity index (χ0) is 26.4. The molecule has 1 aromatic carbocycles. The SMILES string of the molecule is CCC(C)(C)N(C(=O)C(C)NC(=O)OC(C)(C)C)C(C(=O)NC1CCCCC1)c1ccc(C)cc1. The summed E-state index contributed by atoms with van der Waals surface area (Å²) in [6, 6.07) is 6.18. The van der Waals surface area contributed by atoms with Crippen LogP contribution in [0.4, 0.5) is 4.79 Å². The summed E-state index contributed by atoms with van der Waals surface area (Å²) in [5.41, 5.74) is 0.510. The molecule has 3 amide bonds. The Morgan fingerprint density at radius 2 is 1.60 bits per heavy atom. The lowest BCUT2D eigenvalue weighted by atomic mass is 9.91. The van der Waals surface area contributed by atoms with Gasteiger partial charge in [0, 0.05) is 11.6 Å². The molecule has 0 spiro atoms. The Hall–Kier alpha value is -2.57. The highest BCUT2D eigenvalue weighted by Gasteiger charge is 2.42. The predicted octanol–water partition coefficient (Wildman–Crippen LogP) is 5.42. The van der Waals surface area contributed by atoms with Gasteiger partial charge in [-0.05, 0) is 73.3 Å². The zero-order valence-electron chi connectivity index (χ0n) is 22.9. The fourth-order valence-electron chi connectivity index (χ4n) is 4.39. The summed E-state index contributed by atoms with van der Waals surface area (Å²) < 4.78 is 5.36. The highest BCUT2D eigenvalue weighted by molar-refractivity contribution is 5.92. The fraction of sp³-hybridized carbons (Fsp3) is 0.679. The standard InChI is InChI=1S/C28H45N3O4/c1-9-28(7,8)31(25(33)20(3)29-26(34)35-27(4,5)6)23(21-17-15-19(2)16-18-21)24(32)30-22-13-11-10-12-14-22/h15-18,20,22-23H,9-14H2,1-8H3,(H,29,34)(H,30,32). The minimum Gasteiger partial charge on any atom is -0.444 e. The van der Waals surface area contributed by atoms with Crippen molar-refractivity contribution in [2.45, 2.75) is 123 Å². The highest BCUT2D eigenvalue weighted by atomic mass is 16.6. The van der Waals surface area contributed by atoms with Crippen LogP contribution in [-0.2, 0) is 14.3 Å². The quantitative estimate of drug-likeness (QED) is 0.513. The molecule has 1 aliphatic rings. The van der Waals surface area contributed by atoms with Gasteiger partial charge < -0.3 is 20.3 Å². The number of aryl methyl sites for hydroxylation is 1. The van der Waals surface area contributed by atoms with Gasteiger partial charge in [0.25, 0.3) is 0 Å². The normalized spacial score (nSPS) is 16.7. The summed E-state index contributed by atoms with van der Waals surface area (Å²) >= 11 is 0. The minimum atomic E-state index is -0.869. The number of benzene rings is 1. The smallest absolute Gasteiger partial charge is 0.408 e. The summed E-state index contributed by atoms with van der Waals surface area (Å²) in [5.74, 6) is -0.507. The first-order chi connectivity index (χ1) is 16.2. The third-order valence-electron chi connectivity index (χ3n) is 6.71. The van der Waals surface area contributed by atoms with Crippen LogP contribution in [0.25, 0.3) is 0 Å². The molecule has 1 fully saturated rings. The van der Waals surface area contributed by atoms with Crippen LogP contribution in [0.15, 0.2) is 24.3 Å². The Bertz CT molecular complexity index is 867. The van der Waals surface area contributed by atoms with Gasteiger partial charge in [-0.1, -0.05) is 56.0 Å². The van der Waals surface area contributed by atoms with Crippen molar-refractivity contribution < 1.29 is 19.1 Å². The largest absolute Gasteiger partial charge is 0.444 e. The number of carbonyl (C=O) groups is 3. The van der Waals surface area contributed by atoms with Crippen molar-refractivity contribution in [1.29, 1.82) is 0 Å². The third-order valence-corrected chi connectivity index (χ3v) is 6.71. The Kier molecular flexibility index (Phi) is 9.76. The maximum Gasteiger partial charge on any atom is 0.408 e. The van der Waals surface area contributed by atoms with Crippen molar-refractivity contribution in [2.24, 2.45) is 0 Å². The molecule has 0 aromatic heterocycles. The second kappa shape index (κ2) is 11.9. The van der Waals surface area contributed by atoms with Gasteiger partial charge >= 0.3 is 6.09 Å². The van der Waals surface area contributed by atoms with Gasteiger partial charge in [0.1, 0.15) is 17.7 Å². The Balaban J connectivity index is 2.43. The number of ether oxygens (including phenoxy) is 1. The summed E-state index contributed by atoms with van der Waals surface area (Å²) in [4.78, 5) is 41.8. The van der Waals surface area contributed by atoms with Crippen LogP contribution in [0.2, 0.25) is 0 Å². The lowest BCUT2D eigenvalue weighted by Gasteiger charge is -2.44. The first kappa shape index (κ1) is 28.7. The maximum atomic E-state index is 13.9. The van der Waals surface area contributed by atoms with Crippen LogP contribution >= 0.6 is 0 Å². The molecular weight excluding hydrogens is 442 g/mol. The van der Waals surface area contributed by atoms with E-state index in [0.29, 0.717) is 6.42 Å². The molecule has 2 unspecified atom stereocenters. The molecule has 2 atom stereocenters. The molecule has 1 saturated carbocycles. The average molecular weight is 488 g/mol.